The van der Waals surface area contributed by atoms with Crippen LogP contribution in [0.2, 0.25) is 0 Å². The van der Waals surface area contributed by atoms with Crippen LogP contribution < -0.4 is 16.0 Å². The van der Waals surface area contributed by atoms with Crippen molar-refractivity contribution in [2.24, 2.45) is 0 Å². The van der Waals surface area contributed by atoms with Crippen molar-refractivity contribution in [1.82, 2.24) is 16.0 Å². The Morgan fingerprint density at radius 3 is 2.78 bits per heavy atom. The predicted octanol–water partition coefficient (Wildman–Crippen LogP) is 0.505. The summed E-state index contributed by atoms with van der Waals surface area (Å²) in [6.45, 7) is 7.20. The summed E-state index contributed by atoms with van der Waals surface area (Å²) in [6.07, 6.45) is 0.963. The summed E-state index contributed by atoms with van der Waals surface area (Å²) < 4.78 is 5.28. The summed E-state index contributed by atoms with van der Waals surface area (Å²) in [4.78, 5) is 23.1. The van der Waals surface area contributed by atoms with Crippen molar-refractivity contribution in [3.05, 3.63) is 11.3 Å². The zero-order valence-electron chi connectivity index (χ0n) is 11.1. The molecular formula is C12H21N3O3. The molecule has 1 atom stereocenters. The third-order valence-electron chi connectivity index (χ3n) is 2.61. The first-order valence-electron chi connectivity index (χ1n) is 6.20. The molecule has 0 saturated heterocycles. The van der Waals surface area contributed by atoms with Crippen molar-refractivity contribution in [1.29, 1.82) is 0 Å². The largest absolute Gasteiger partial charge is 0.380 e. The van der Waals surface area contributed by atoms with Crippen LogP contribution in [0.1, 0.15) is 27.2 Å². The van der Waals surface area contributed by atoms with E-state index in [4.69, 9.17) is 4.74 Å². The molecule has 0 aliphatic carbocycles. The predicted molar refractivity (Wildman–Crippen MR) is 67.9 cm³/mol. The number of urea groups is 1. The molecule has 3 amide bonds. The van der Waals surface area contributed by atoms with Gasteiger partial charge in [-0.05, 0) is 20.3 Å². The van der Waals surface area contributed by atoms with Crippen molar-refractivity contribution in [2.45, 2.75) is 33.2 Å². The normalized spacial score (nSPS) is 19.3. The van der Waals surface area contributed by atoms with Crippen molar-refractivity contribution in [3.8, 4) is 0 Å². The van der Waals surface area contributed by atoms with Gasteiger partial charge in [-0.3, -0.25) is 4.79 Å². The topological polar surface area (TPSA) is 79.5 Å². The molecule has 0 aromatic carbocycles. The van der Waals surface area contributed by atoms with Crippen LogP contribution in [0.25, 0.3) is 0 Å². The fraction of sp³-hybridized carbons (Fsp3) is 0.667. The molecule has 0 bridgehead atoms. The molecule has 102 valence electrons. The second-order valence-corrected chi connectivity index (χ2v) is 4.23. The van der Waals surface area contributed by atoms with Gasteiger partial charge in [-0.1, -0.05) is 6.92 Å². The fourth-order valence-electron chi connectivity index (χ4n) is 1.81. The standard InChI is InChI=1S/C12H21N3O3/c1-4-6-18-7-5-13-11(16)10-8(2)14-12(17)15-9(10)3/h8H,4-7H2,1-3H3,(H,13,16)(H2,14,15,17)/t8-/m1/s1. The van der Waals surface area contributed by atoms with Gasteiger partial charge in [0.1, 0.15) is 0 Å². The molecule has 1 heterocycles. The van der Waals surface area contributed by atoms with E-state index in [9.17, 15) is 9.59 Å². The first kappa shape index (κ1) is 14.5. The molecular weight excluding hydrogens is 234 g/mol. The summed E-state index contributed by atoms with van der Waals surface area (Å²) in [5, 5.41) is 8.01. The molecule has 18 heavy (non-hydrogen) atoms. The zero-order chi connectivity index (χ0) is 13.5. The van der Waals surface area contributed by atoms with Crippen LogP contribution in [0.15, 0.2) is 11.3 Å². The number of ether oxygens (including phenoxy) is 1. The van der Waals surface area contributed by atoms with E-state index in [1.807, 2.05) is 6.92 Å². The average Bonchev–Trinajstić information content (AvgIpc) is 2.27. The molecule has 1 aliphatic rings. The lowest BCUT2D eigenvalue weighted by molar-refractivity contribution is -0.118. The molecule has 0 radical (unpaired) electrons. The summed E-state index contributed by atoms with van der Waals surface area (Å²) in [7, 11) is 0. The molecule has 6 heteroatoms. The highest BCUT2D eigenvalue weighted by Gasteiger charge is 2.26. The van der Waals surface area contributed by atoms with Crippen LogP contribution in [0.4, 0.5) is 4.79 Å². The van der Waals surface area contributed by atoms with E-state index in [1.165, 1.54) is 0 Å². The van der Waals surface area contributed by atoms with Crippen molar-refractivity contribution in [3.63, 3.8) is 0 Å². The molecule has 0 saturated carbocycles. The molecule has 1 rings (SSSR count). The molecule has 0 aromatic heterocycles. The van der Waals surface area contributed by atoms with Gasteiger partial charge in [-0.15, -0.1) is 0 Å². The molecule has 0 aromatic rings. The minimum absolute atomic E-state index is 0.174. The van der Waals surface area contributed by atoms with Gasteiger partial charge in [-0.25, -0.2) is 4.79 Å². The van der Waals surface area contributed by atoms with Gasteiger partial charge in [0, 0.05) is 18.8 Å². The van der Waals surface area contributed by atoms with Gasteiger partial charge in [0.05, 0.1) is 18.2 Å². The van der Waals surface area contributed by atoms with Gasteiger partial charge < -0.3 is 20.7 Å². The smallest absolute Gasteiger partial charge is 0.319 e. The van der Waals surface area contributed by atoms with Crippen LogP contribution in [0, 0.1) is 0 Å². The Hall–Kier alpha value is -1.56. The Morgan fingerprint density at radius 2 is 2.17 bits per heavy atom. The lowest BCUT2D eigenvalue weighted by Crippen LogP contribution is -2.50. The van der Waals surface area contributed by atoms with Gasteiger partial charge >= 0.3 is 6.03 Å². The quantitative estimate of drug-likeness (QED) is 0.605. The van der Waals surface area contributed by atoms with E-state index in [-0.39, 0.29) is 18.0 Å². The van der Waals surface area contributed by atoms with E-state index in [2.05, 4.69) is 16.0 Å². The third-order valence-corrected chi connectivity index (χ3v) is 2.61. The van der Waals surface area contributed by atoms with Crippen LogP contribution in [-0.4, -0.2) is 37.7 Å². The van der Waals surface area contributed by atoms with Crippen molar-refractivity contribution >= 4 is 11.9 Å². The van der Waals surface area contributed by atoms with Gasteiger partial charge in [0.2, 0.25) is 0 Å². The molecule has 0 fully saturated rings. The van der Waals surface area contributed by atoms with Crippen LogP contribution in [0.3, 0.4) is 0 Å². The Morgan fingerprint density at radius 1 is 1.44 bits per heavy atom. The molecule has 0 unspecified atom stereocenters. The highest BCUT2D eigenvalue weighted by Crippen LogP contribution is 2.11. The van der Waals surface area contributed by atoms with E-state index in [1.54, 1.807) is 13.8 Å². The molecule has 6 nitrogen and oxygen atoms in total. The Balaban J connectivity index is 2.45. The Labute approximate surface area is 107 Å². The number of carbonyl (C=O) groups is 2. The summed E-state index contributed by atoms with van der Waals surface area (Å²) >= 11 is 0. The number of hydrogen-bond donors (Lipinski definition) is 3. The number of nitrogens with one attached hydrogen (secondary N) is 3. The minimum atomic E-state index is -0.282. The number of amides is 3. The molecule has 1 aliphatic heterocycles. The second kappa shape index (κ2) is 7.00. The minimum Gasteiger partial charge on any atom is -0.380 e. The molecule has 0 spiro atoms. The van der Waals surface area contributed by atoms with E-state index >= 15 is 0 Å². The van der Waals surface area contributed by atoms with Gasteiger partial charge in [-0.2, -0.15) is 0 Å². The van der Waals surface area contributed by atoms with Crippen LogP contribution in [0.5, 0.6) is 0 Å². The lowest BCUT2D eigenvalue weighted by atomic mass is 10.0. The monoisotopic (exact) mass is 255 g/mol. The van der Waals surface area contributed by atoms with Gasteiger partial charge in [0.25, 0.3) is 5.91 Å². The average molecular weight is 255 g/mol. The number of allylic oxidation sites excluding steroid dienone is 1. The molecule has 3 N–H and O–H groups in total. The highest BCUT2D eigenvalue weighted by atomic mass is 16.5. The number of hydrogen-bond acceptors (Lipinski definition) is 3. The second-order valence-electron chi connectivity index (χ2n) is 4.23. The highest BCUT2D eigenvalue weighted by molar-refractivity contribution is 5.98. The van der Waals surface area contributed by atoms with Crippen molar-refractivity contribution in [2.75, 3.05) is 19.8 Å². The maximum Gasteiger partial charge on any atom is 0.319 e. The third kappa shape index (κ3) is 4.03. The zero-order valence-corrected chi connectivity index (χ0v) is 11.1. The van der Waals surface area contributed by atoms with E-state index in [0.717, 1.165) is 6.42 Å². The SMILES string of the molecule is CCCOCCNC(=O)C1=C(C)NC(=O)N[C@@H]1C. The fourth-order valence-corrected chi connectivity index (χ4v) is 1.81. The summed E-state index contributed by atoms with van der Waals surface area (Å²) in [5.41, 5.74) is 1.16. The number of carbonyl (C=O) groups excluding carboxylic acids is 2. The van der Waals surface area contributed by atoms with Crippen molar-refractivity contribution < 1.29 is 14.3 Å². The maximum atomic E-state index is 11.9. The lowest BCUT2D eigenvalue weighted by Gasteiger charge is -2.25. The Bertz CT molecular complexity index is 352. The maximum absolute atomic E-state index is 11.9. The van der Waals surface area contributed by atoms with Crippen LogP contribution >= 0.6 is 0 Å². The van der Waals surface area contributed by atoms with Crippen LogP contribution in [-0.2, 0) is 9.53 Å². The van der Waals surface area contributed by atoms with E-state index in [0.29, 0.717) is 31.0 Å². The first-order chi connectivity index (χ1) is 8.56. The van der Waals surface area contributed by atoms with Gasteiger partial charge in [0.15, 0.2) is 0 Å². The Kier molecular flexibility index (Phi) is 5.64. The number of rotatable bonds is 6. The van der Waals surface area contributed by atoms with E-state index < -0.39 is 0 Å². The first-order valence-corrected chi connectivity index (χ1v) is 6.20. The summed E-state index contributed by atoms with van der Waals surface area (Å²) in [5.74, 6) is -0.174. The summed E-state index contributed by atoms with van der Waals surface area (Å²) in [6, 6.07) is -0.557.